The van der Waals surface area contributed by atoms with Crippen molar-refractivity contribution in [2.75, 3.05) is 12.4 Å². The van der Waals surface area contributed by atoms with Gasteiger partial charge in [-0.1, -0.05) is 38.0 Å². The Kier molecular flexibility index (Phi) is 5.86. The van der Waals surface area contributed by atoms with Crippen LogP contribution in [-0.4, -0.2) is 13.3 Å². The third kappa shape index (κ3) is 4.84. The highest BCUT2D eigenvalue weighted by Crippen LogP contribution is 2.11. The van der Waals surface area contributed by atoms with Crippen LogP contribution in [0.5, 0.6) is 0 Å². The first-order chi connectivity index (χ1) is 7.36. The molecule has 0 bridgehead atoms. The summed E-state index contributed by atoms with van der Waals surface area (Å²) in [7, 11) is 1.76. The quantitative estimate of drug-likeness (QED) is 0.544. The van der Waals surface area contributed by atoms with Crippen LogP contribution in [0.25, 0.3) is 0 Å². The molecule has 84 valence electrons. The van der Waals surface area contributed by atoms with Crippen LogP contribution >= 0.6 is 0 Å². The molecule has 0 aromatic heterocycles. The van der Waals surface area contributed by atoms with Gasteiger partial charge in [0.2, 0.25) is 0 Å². The molecule has 1 rings (SSSR count). The van der Waals surface area contributed by atoms with E-state index in [4.69, 9.17) is 4.74 Å². The minimum atomic E-state index is 0.138. The van der Waals surface area contributed by atoms with Crippen molar-refractivity contribution < 1.29 is 4.74 Å². The van der Waals surface area contributed by atoms with Crippen LogP contribution in [0.1, 0.15) is 32.6 Å². The van der Waals surface area contributed by atoms with Crippen LogP contribution in [0.4, 0.5) is 5.69 Å². The fraction of sp³-hybridized carbons (Fsp3) is 0.538. The van der Waals surface area contributed by atoms with Crippen molar-refractivity contribution in [3.05, 3.63) is 30.3 Å². The zero-order valence-electron chi connectivity index (χ0n) is 9.70. The molecule has 0 saturated carbocycles. The summed E-state index contributed by atoms with van der Waals surface area (Å²) in [5.41, 5.74) is 1.13. The highest BCUT2D eigenvalue weighted by atomic mass is 16.5. The monoisotopic (exact) mass is 207 g/mol. The van der Waals surface area contributed by atoms with Crippen molar-refractivity contribution >= 4 is 5.69 Å². The molecule has 0 aliphatic carbocycles. The summed E-state index contributed by atoms with van der Waals surface area (Å²) in [6, 6.07) is 10.2. The van der Waals surface area contributed by atoms with Crippen LogP contribution in [-0.2, 0) is 4.74 Å². The number of unbranched alkanes of at least 4 members (excludes halogenated alkanes) is 2. The maximum atomic E-state index is 5.39. The summed E-state index contributed by atoms with van der Waals surface area (Å²) in [6.07, 6.45) is 4.95. The molecule has 1 aromatic carbocycles. The largest absolute Gasteiger partial charge is 0.362 e. The lowest BCUT2D eigenvalue weighted by Crippen LogP contribution is -2.21. The Balaban J connectivity index is 2.33. The van der Waals surface area contributed by atoms with Crippen molar-refractivity contribution in [2.24, 2.45) is 0 Å². The Bertz CT molecular complexity index is 248. The average Bonchev–Trinajstić information content (AvgIpc) is 2.29. The van der Waals surface area contributed by atoms with Crippen molar-refractivity contribution in [1.82, 2.24) is 0 Å². The van der Waals surface area contributed by atoms with Crippen LogP contribution in [0.15, 0.2) is 30.3 Å². The Morgan fingerprint density at radius 1 is 1.20 bits per heavy atom. The zero-order chi connectivity index (χ0) is 10.9. The van der Waals surface area contributed by atoms with Crippen LogP contribution < -0.4 is 5.32 Å². The summed E-state index contributed by atoms with van der Waals surface area (Å²) < 4.78 is 5.39. The van der Waals surface area contributed by atoms with E-state index in [1.165, 1.54) is 19.3 Å². The van der Waals surface area contributed by atoms with Gasteiger partial charge in [-0.2, -0.15) is 0 Å². The number of nitrogens with one attached hydrogen (secondary N) is 1. The number of methoxy groups -OCH3 is 1. The van der Waals surface area contributed by atoms with Gasteiger partial charge in [-0.25, -0.2) is 0 Å². The number of rotatable bonds is 7. The lowest BCUT2D eigenvalue weighted by Gasteiger charge is -2.18. The third-order valence-electron chi connectivity index (χ3n) is 2.46. The summed E-state index contributed by atoms with van der Waals surface area (Å²) in [5.74, 6) is 0. The van der Waals surface area contributed by atoms with Gasteiger partial charge in [-0.15, -0.1) is 0 Å². The van der Waals surface area contributed by atoms with Crippen LogP contribution in [0, 0.1) is 0 Å². The normalized spacial score (nSPS) is 12.4. The lowest BCUT2D eigenvalue weighted by atomic mass is 10.2. The molecule has 2 nitrogen and oxygen atoms in total. The van der Waals surface area contributed by atoms with E-state index < -0.39 is 0 Å². The molecule has 0 heterocycles. The summed E-state index contributed by atoms with van der Waals surface area (Å²) >= 11 is 0. The van der Waals surface area contributed by atoms with Gasteiger partial charge in [-0.05, 0) is 25.0 Å². The summed E-state index contributed by atoms with van der Waals surface area (Å²) in [4.78, 5) is 0. The molecule has 0 saturated heterocycles. The smallest absolute Gasteiger partial charge is 0.127 e. The molecular weight excluding hydrogens is 186 g/mol. The predicted octanol–water partition coefficient (Wildman–Crippen LogP) is 3.65. The first-order valence-electron chi connectivity index (χ1n) is 5.71. The van der Waals surface area contributed by atoms with Gasteiger partial charge in [0.25, 0.3) is 0 Å². The standard InChI is InChI=1S/C13H21NO/c1-3-4-6-11-13(15-2)14-12-9-7-5-8-10-12/h5,7-10,13-14H,3-4,6,11H2,1-2H3. The number of hydrogen-bond donors (Lipinski definition) is 1. The Morgan fingerprint density at radius 2 is 1.93 bits per heavy atom. The second-order valence-corrected chi connectivity index (χ2v) is 3.73. The number of benzene rings is 1. The first-order valence-corrected chi connectivity index (χ1v) is 5.71. The number of anilines is 1. The Hall–Kier alpha value is -1.02. The fourth-order valence-electron chi connectivity index (χ4n) is 1.55. The molecule has 1 aromatic rings. The topological polar surface area (TPSA) is 21.3 Å². The molecule has 2 heteroatoms. The van der Waals surface area contributed by atoms with Crippen molar-refractivity contribution in [2.45, 2.75) is 38.8 Å². The van der Waals surface area contributed by atoms with Crippen molar-refractivity contribution in [3.8, 4) is 0 Å². The zero-order valence-corrected chi connectivity index (χ0v) is 9.70. The molecular formula is C13H21NO. The maximum Gasteiger partial charge on any atom is 0.127 e. The molecule has 0 radical (unpaired) electrons. The van der Waals surface area contributed by atoms with E-state index in [1.807, 2.05) is 18.2 Å². The fourth-order valence-corrected chi connectivity index (χ4v) is 1.55. The molecule has 0 aliphatic rings. The molecule has 15 heavy (non-hydrogen) atoms. The van der Waals surface area contributed by atoms with E-state index in [2.05, 4.69) is 24.4 Å². The van der Waals surface area contributed by atoms with E-state index in [0.717, 1.165) is 12.1 Å². The molecule has 0 amide bonds. The molecule has 1 unspecified atom stereocenters. The average molecular weight is 207 g/mol. The van der Waals surface area contributed by atoms with Gasteiger partial charge in [0, 0.05) is 12.8 Å². The number of para-hydroxylation sites is 1. The number of ether oxygens (including phenoxy) is 1. The van der Waals surface area contributed by atoms with E-state index in [9.17, 15) is 0 Å². The van der Waals surface area contributed by atoms with Crippen molar-refractivity contribution in [1.29, 1.82) is 0 Å². The van der Waals surface area contributed by atoms with E-state index in [1.54, 1.807) is 7.11 Å². The molecule has 0 spiro atoms. The minimum Gasteiger partial charge on any atom is -0.362 e. The highest BCUT2D eigenvalue weighted by molar-refractivity contribution is 5.42. The van der Waals surface area contributed by atoms with Crippen LogP contribution in [0.2, 0.25) is 0 Å². The van der Waals surface area contributed by atoms with E-state index >= 15 is 0 Å². The molecule has 0 fully saturated rings. The van der Waals surface area contributed by atoms with E-state index in [0.29, 0.717) is 0 Å². The second kappa shape index (κ2) is 7.30. The van der Waals surface area contributed by atoms with Crippen LogP contribution in [0.3, 0.4) is 0 Å². The van der Waals surface area contributed by atoms with E-state index in [-0.39, 0.29) is 6.23 Å². The predicted molar refractivity (Wildman–Crippen MR) is 65.0 cm³/mol. The Morgan fingerprint density at radius 3 is 2.53 bits per heavy atom. The summed E-state index contributed by atoms with van der Waals surface area (Å²) in [6.45, 7) is 2.21. The third-order valence-corrected chi connectivity index (χ3v) is 2.46. The Labute approximate surface area is 92.6 Å². The highest BCUT2D eigenvalue weighted by Gasteiger charge is 2.05. The summed E-state index contributed by atoms with van der Waals surface area (Å²) in [5, 5.41) is 3.37. The molecule has 1 atom stereocenters. The first kappa shape index (κ1) is 12.1. The second-order valence-electron chi connectivity index (χ2n) is 3.73. The van der Waals surface area contributed by atoms with Gasteiger partial charge in [-0.3, -0.25) is 0 Å². The molecule has 1 N–H and O–H groups in total. The maximum absolute atomic E-state index is 5.39. The van der Waals surface area contributed by atoms with Gasteiger partial charge < -0.3 is 10.1 Å². The van der Waals surface area contributed by atoms with Gasteiger partial charge >= 0.3 is 0 Å². The number of hydrogen-bond acceptors (Lipinski definition) is 2. The van der Waals surface area contributed by atoms with Crippen molar-refractivity contribution in [3.63, 3.8) is 0 Å². The minimum absolute atomic E-state index is 0.138. The van der Waals surface area contributed by atoms with Gasteiger partial charge in [0.15, 0.2) is 0 Å². The van der Waals surface area contributed by atoms with Gasteiger partial charge in [0.1, 0.15) is 6.23 Å². The lowest BCUT2D eigenvalue weighted by molar-refractivity contribution is 0.115. The van der Waals surface area contributed by atoms with Gasteiger partial charge in [0.05, 0.1) is 0 Å². The molecule has 0 aliphatic heterocycles. The SMILES string of the molecule is CCCCCC(Nc1ccccc1)OC.